The standard InChI is InChI=1S/C56H80N8O10/c1-9-35(4)49(62(6)55(72)48(34(2)3)56-31-39(56)33-59-51(56)52(57)69)43(73-7)30-47(68)63-28-16-19-42(63)50(74-8)36(5)53(70)61-41(29-37-17-12-10-13-18-37)54(71)60-40-23-21-38(22-24-40)32-58-44(65)20-14-11-15-27-64-45(66)25-26-46(64)67/h10,12-13,17-18,21-26,34-36,39,41-43,48-51,59H,9,11,14-16,19-20,27-33H2,1-8H3,(H2,57,69)(H,58,65)(H,60,71)(H,61,70)/t35-,36+,39?,41-,42-,43+,48+,49-,50+,51?,56?/m0/s1. The number of benzene rings is 2. The summed E-state index contributed by atoms with van der Waals surface area (Å²) in [6.45, 7) is 11.6. The maximum atomic E-state index is 14.7. The summed E-state index contributed by atoms with van der Waals surface area (Å²) in [7, 11) is 4.88. The van der Waals surface area contributed by atoms with E-state index >= 15 is 0 Å². The van der Waals surface area contributed by atoms with Gasteiger partial charge in [-0.3, -0.25) is 43.3 Å². The quantitative estimate of drug-likeness (QED) is 0.0601. The smallest absolute Gasteiger partial charge is 0.253 e. The van der Waals surface area contributed by atoms with Crippen LogP contribution in [0.4, 0.5) is 5.69 Å². The zero-order chi connectivity index (χ0) is 53.9. The Hall–Kier alpha value is -5.98. The molecule has 18 nitrogen and oxygen atoms in total. The normalized spacial score (nSPS) is 22.9. The number of piperidine rings is 1. The van der Waals surface area contributed by atoms with Gasteiger partial charge in [-0.25, -0.2) is 0 Å². The topological polar surface area (TPSA) is 239 Å². The molecule has 404 valence electrons. The lowest BCUT2D eigenvalue weighted by atomic mass is 9.74. The Morgan fingerprint density at radius 1 is 0.892 bits per heavy atom. The molecule has 0 radical (unpaired) electrons. The van der Waals surface area contributed by atoms with Crippen LogP contribution in [0, 0.1) is 35.0 Å². The SMILES string of the molecule is CC[C@H](C)[C@@H]([C@@H](CC(=O)N1CCC[C@H]1[C@H](OC)[C@@H](C)C(=O)N[C@@H](Cc1ccccc1)C(=O)Nc1ccc(CNC(=O)CCCCCN2C(=O)C=CC2=O)cc1)OC)N(C)C(=O)[C@@H](C(C)C)C12CC1CNC2C(N)=O. The molecule has 11 atom stereocenters. The molecule has 2 aromatic carbocycles. The number of nitrogens with two attached hydrogens (primary N) is 1. The van der Waals surface area contributed by atoms with E-state index in [2.05, 4.69) is 28.2 Å². The number of methoxy groups -OCH3 is 2. The predicted molar refractivity (Wildman–Crippen MR) is 279 cm³/mol. The number of likely N-dealkylation sites (tertiary alicyclic amines) is 1. The molecule has 4 aliphatic rings. The monoisotopic (exact) mass is 1020 g/mol. The van der Waals surface area contributed by atoms with Crippen molar-refractivity contribution in [3.05, 3.63) is 77.9 Å². The number of hydrogen-bond donors (Lipinski definition) is 5. The van der Waals surface area contributed by atoms with Crippen LogP contribution in [0.2, 0.25) is 0 Å². The Bertz CT molecular complexity index is 2330. The second kappa shape index (κ2) is 26.0. The number of amides is 8. The first kappa shape index (κ1) is 57.3. The minimum atomic E-state index is -0.968. The maximum absolute atomic E-state index is 14.7. The van der Waals surface area contributed by atoms with Gasteiger partial charge in [0, 0.05) is 82.9 Å². The van der Waals surface area contributed by atoms with Crippen LogP contribution in [-0.4, -0.2) is 139 Å². The lowest BCUT2D eigenvalue weighted by molar-refractivity contribution is -0.150. The number of primary amides is 1. The molecule has 0 aromatic heterocycles. The summed E-state index contributed by atoms with van der Waals surface area (Å²) >= 11 is 0. The molecular formula is C56H80N8O10. The molecule has 74 heavy (non-hydrogen) atoms. The number of nitrogens with one attached hydrogen (secondary N) is 4. The summed E-state index contributed by atoms with van der Waals surface area (Å²) in [6, 6.07) is 14.0. The van der Waals surface area contributed by atoms with E-state index in [9.17, 15) is 38.4 Å². The average Bonchev–Trinajstić information content (AvgIpc) is 3.63. The number of unbranched alkanes of at least 4 members (excludes halogenated alkanes) is 2. The maximum Gasteiger partial charge on any atom is 0.253 e. The van der Waals surface area contributed by atoms with E-state index in [0.29, 0.717) is 63.8 Å². The summed E-state index contributed by atoms with van der Waals surface area (Å²) in [4.78, 5) is 111. The van der Waals surface area contributed by atoms with Gasteiger partial charge in [0.15, 0.2) is 0 Å². The lowest BCUT2D eigenvalue weighted by Gasteiger charge is -2.42. The average molecular weight is 1030 g/mol. The number of rotatable bonds is 28. The van der Waals surface area contributed by atoms with Crippen molar-refractivity contribution in [2.75, 3.05) is 46.2 Å². The number of imide groups is 1. The molecular weight excluding hydrogens is 945 g/mol. The van der Waals surface area contributed by atoms with Crippen molar-refractivity contribution in [3.8, 4) is 0 Å². The van der Waals surface area contributed by atoms with E-state index in [-0.39, 0.29) is 66.7 Å². The summed E-state index contributed by atoms with van der Waals surface area (Å²) in [5, 5.41) is 12.1. The zero-order valence-corrected chi connectivity index (χ0v) is 44.6. The molecule has 2 saturated heterocycles. The first-order chi connectivity index (χ1) is 35.4. The van der Waals surface area contributed by atoms with Gasteiger partial charge in [0.2, 0.25) is 35.4 Å². The van der Waals surface area contributed by atoms with Crippen LogP contribution in [0.5, 0.6) is 0 Å². The second-order valence-electron chi connectivity index (χ2n) is 21.3. The minimum absolute atomic E-state index is 0.00809. The van der Waals surface area contributed by atoms with Crippen molar-refractivity contribution >= 4 is 52.9 Å². The van der Waals surface area contributed by atoms with Crippen LogP contribution in [0.25, 0.3) is 0 Å². The molecule has 18 heteroatoms. The molecule has 3 aliphatic heterocycles. The summed E-state index contributed by atoms with van der Waals surface area (Å²) in [6.07, 6.45) is 6.37. The van der Waals surface area contributed by atoms with Gasteiger partial charge in [0.25, 0.3) is 11.8 Å². The minimum Gasteiger partial charge on any atom is -0.379 e. The second-order valence-corrected chi connectivity index (χ2v) is 21.3. The third-order valence-electron chi connectivity index (χ3n) is 16.2. The third-order valence-corrected chi connectivity index (χ3v) is 16.2. The first-order valence-electron chi connectivity index (χ1n) is 26.5. The number of ether oxygens (including phenoxy) is 2. The number of carbonyl (C=O) groups is 8. The zero-order valence-electron chi connectivity index (χ0n) is 44.6. The molecule has 2 aromatic rings. The van der Waals surface area contributed by atoms with Gasteiger partial charge in [-0.1, -0.05) is 89.9 Å². The van der Waals surface area contributed by atoms with Crippen LogP contribution in [0.1, 0.15) is 104 Å². The number of nitrogens with zero attached hydrogens (tertiary/aromatic N) is 3. The highest BCUT2D eigenvalue weighted by Crippen LogP contribution is 2.65. The van der Waals surface area contributed by atoms with Crippen molar-refractivity contribution in [1.82, 2.24) is 30.7 Å². The van der Waals surface area contributed by atoms with Gasteiger partial charge < -0.3 is 46.3 Å². The van der Waals surface area contributed by atoms with Crippen molar-refractivity contribution in [1.29, 1.82) is 0 Å². The Morgan fingerprint density at radius 3 is 2.19 bits per heavy atom. The summed E-state index contributed by atoms with van der Waals surface area (Å²) in [5.74, 6) is -3.42. The Balaban J connectivity index is 1.06. The largest absolute Gasteiger partial charge is 0.379 e. The molecule has 1 aliphatic carbocycles. The van der Waals surface area contributed by atoms with Gasteiger partial charge >= 0.3 is 0 Å². The Morgan fingerprint density at radius 2 is 1.58 bits per heavy atom. The van der Waals surface area contributed by atoms with Crippen LogP contribution in [0.3, 0.4) is 0 Å². The number of fused-ring (bicyclic) bond motifs is 1. The van der Waals surface area contributed by atoms with Gasteiger partial charge in [0.1, 0.15) is 6.04 Å². The van der Waals surface area contributed by atoms with E-state index in [1.807, 2.05) is 51.1 Å². The Kier molecular flexibility index (Phi) is 20.1. The number of anilines is 1. The first-order valence-corrected chi connectivity index (χ1v) is 26.5. The van der Waals surface area contributed by atoms with E-state index in [1.165, 1.54) is 24.2 Å². The lowest BCUT2D eigenvalue weighted by Crippen LogP contribution is -2.57. The summed E-state index contributed by atoms with van der Waals surface area (Å²) in [5.41, 5.74) is 7.51. The highest BCUT2D eigenvalue weighted by molar-refractivity contribution is 6.12. The van der Waals surface area contributed by atoms with Crippen molar-refractivity contribution in [2.24, 2.45) is 40.7 Å². The fourth-order valence-corrected chi connectivity index (χ4v) is 12.0. The Labute approximate surface area is 436 Å². The van der Waals surface area contributed by atoms with Crippen molar-refractivity contribution in [3.63, 3.8) is 0 Å². The molecule has 3 unspecified atom stereocenters. The molecule has 0 bridgehead atoms. The highest BCUT2D eigenvalue weighted by Gasteiger charge is 2.70. The number of hydrogen-bond acceptors (Lipinski definition) is 11. The molecule has 6 rings (SSSR count). The number of carbonyl (C=O) groups excluding carboxylic acids is 8. The molecule has 0 spiro atoms. The molecule has 3 heterocycles. The third kappa shape index (κ3) is 13.5. The van der Waals surface area contributed by atoms with Crippen molar-refractivity contribution in [2.45, 2.75) is 142 Å². The highest BCUT2D eigenvalue weighted by atomic mass is 16.5. The fourth-order valence-electron chi connectivity index (χ4n) is 12.0. The number of likely N-dealkylation sites (N-methyl/N-ethyl adjacent to an activating group) is 1. The van der Waals surface area contributed by atoms with Crippen LogP contribution in [-0.2, 0) is 60.8 Å². The van der Waals surface area contributed by atoms with E-state index < -0.39 is 71.3 Å². The van der Waals surface area contributed by atoms with Crippen molar-refractivity contribution < 1.29 is 47.8 Å². The van der Waals surface area contributed by atoms with Gasteiger partial charge in [-0.15, -0.1) is 0 Å². The predicted octanol–water partition coefficient (Wildman–Crippen LogP) is 4.11. The molecule has 6 N–H and O–H groups in total. The van der Waals surface area contributed by atoms with E-state index in [4.69, 9.17) is 15.2 Å². The van der Waals surface area contributed by atoms with E-state index in [1.54, 1.807) is 55.1 Å². The van der Waals surface area contributed by atoms with Crippen LogP contribution in [0.15, 0.2) is 66.7 Å². The fraction of sp³-hybridized carbons (Fsp3) is 0.607. The molecule has 1 saturated carbocycles. The van der Waals surface area contributed by atoms with Gasteiger partial charge in [-0.05, 0) is 79.7 Å². The molecule has 3 fully saturated rings. The summed E-state index contributed by atoms with van der Waals surface area (Å²) < 4.78 is 12.2. The van der Waals surface area contributed by atoms with E-state index in [0.717, 1.165) is 24.0 Å². The van der Waals surface area contributed by atoms with Crippen LogP contribution >= 0.6 is 0 Å². The molecule has 8 amide bonds. The van der Waals surface area contributed by atoms with Crippen LogP contribution < -0.4 is 27.0 Å². The van der Waals surface area contributed by atoms with Gasteiger partial charge in [-0.2, -0.15) is 0 Å². The van der Waals surface area contributed by atoms with Gasteiger partial charge in [0.05, 0.1) is 42.7 Å².